The SMILES string of the molecule is Cc1cn([C@H]2C[C@H](OC3CCCCO3)[C@@H](COC3CCCCO3)O2)c(=O)n(CCCCCc2ccc(C[18F])cc2)c1=O. The molecule has 2 unspecified atom stereocenters. The molecule has 4 heterocycles. The smallest absolute Gasteiger partial charge is 0.333 e. The molecule has 2 aromatic rings. The van der Waals surface area contributed by atoms with Gasteiger partial charge in [-0.05, 0) is 75.8 Å². The molecule has 232 valence electrons. The number of aromatic nitrogens is 2. The molecule has 0 saturated carbocycles. The zero-order valence-electron chi connectivity index (χ0n) is 24.7. The first-order valence-electron chi connectivity index (χ1n) is 15.6. The van der Waals surface area contributed by atoms with Gasteiger partial charge in [0.2, 0.25) is 0 Å². The summed E-state index contributed by atoms with van der Waals surface area (Å²) in [6.45, 7) is 3.28. The molecule has 1 aromatic carbocycles. The second-order valence-corrected chi connectivity index (χ2v) is 11.7. The molecule has 3 aliphatic rings. The Bertz CT molecular complexity index is 1230. The van der Waals surface area contributed by atoms with Crippen LogP contribution in [0.15, 0.2) is 40.1 Å². The summed E-state index contributed by atoms with van der Waals surface area (Å²) in [4.78, 5) is 26.6. The van der Waals surface area contributed by atoms with Crippen molar-refractivity contribution in [3.8, 4) is 0 Å². The van der Waals surface area contributed by atoms with Gasteiger partial charge < -0.3 is 23.7 Å². The van der Waals surface area contributed by atoms with Crippen molar-refractivity contribution in [1.29, 1.82) is 0 Å². The van der Waals surface area contributed by atoms with Crippen LogP contribution in [-0.4, -0.2) is 53.7 Å². The van der Waals surface area contributed by atoms with Crippen molar-refractivity contribution < 1.29 is 28.1 Å². The number of ether oxygens (including phenoxy) is 5. The van der Waals surface area contributed by atoms with Gasteiger partial charge in [-0.15, -0.1) is 0 Å². The van der Waals surface area contributed by atoms with Crippen molar-refractivity contribution >= 4 is 0 Å². The van der Waals surface area contributed by atoms with Crippen molar-refractivity contribution in [2.75, 3.05) is 19.8 Å². The van der Waals surface area contributed by atoms with Crippen LogP contribution in [0.1, 0.15) is 87.1 Å². The average Bonchev–Trinajstić information content (AvgIpc) is 3.42. The number of hydrogen-bond acceptors (Lipinski definition) is 7. The minimum Gasteiger partial charge on any atom is -0.353 e. The number of benzene rings is 1. The van der Waals surface area contributed by atoms with E-state index in [0.29, 0.717) is 50.3 Å². The summed E-state index contributed by atoms with van der Waals surface area (Å²) >= 11 is 0. The molecule has 3 fully saturated rings. The molecular weight excluding hydrogens is 542 g/mol. The van der Waals surface area contributed by atoms with Gasteiger partial charge in [-0.2, -0.15) is 0 Å². The zero-order valence-corrected chi connectivity index (χ0v) is 24.7. The topological polar surface area (TPSA) is 90.2 Å². The molecule has 0 spiro atoms. The van der Waals surface area contributed by atoms with Gasteiger partial charge in [0.05, 0.1) is 12.7 Å². The van der Waals surface area contributed by atoms with Gasteiger partial charge in [0.1, 0.15) is 19.0 Å². The van der Waals surface area contributed by atoms with Crippen LogP contribution >= 0.6 is 0 Å². The third kappa shape index (κ3) is 8.17. The van der Waals surface area contributed by atoms with Gasteiger partial charge in [0.15, 0.2) is 12.6 Å². The number of aryl methyl sites for hydroxylation is 2. The van der Waals surface area contributed by atoms with E-state index in [-0.39, 0.29) is 29.9 Å². The fourth-order valence-corrected chi connectivity index (χ4v) is 5.96. The van der Waals surface area contributed by atoms with Gasteiger partial charge >= 0.3 is 5.69 Å². The summed E-state index contributed by atoms with van der Waals surface area (Å²) in [5.74, 6) is 0. The first kappa shape index (κ1) is 31.1. The van der Waals surface area contributed by atoms with Crippen LogP contribution in [0.2, 0.25) is 0 Å². The third-order valence-electron chi connectivity index (χ3n) is 8.43. The second-order valence-electron chi connectivity index (χ2n) is 11.7. The molecule has 0 amide bonds. The lowest BCUT2D eigenvalue weighted by Crippen LogP contribution is -2.42. The minimum atomic E-state index is -0.579. The van der Waals surface area contributed by atoms with Gasteiger partial charge in [0, 0.05) is 37.9 Å². The van der Waals surface area contributed by atoms with Gasteiger partial charge in [-0.3, -0.25) is 13.9 Å². The molecular formula is C32H45FN2O7. The molecule has 0 radical (unpaired) electrons. The first-order chi connectivity index (χ1) is 20.5. The molecule has 42 heavy (non-hydrogen) atoms. The van der Waals surface area contributed by atoms with E-state index in [1.165, 1.54) is 4.57 Å². The Hall–Kier alpha value is -2.37. The Morgan fingerprint density at radius 1 is 0.929 bits per heavy atom. The van der Waals surface area contributed by atoms with E-state index in [4.69, 9.17) is 23.7 Å². The summed E-state index contributed by atoms with van der Waals surface area (Å²) in [6, 6.07) is 7.54. The Morgan fingerprint density at radius 2 is 1.64 bits per heavy atom. The highest BCUT2D eigenvalue weighted by Gasteiger charge is 2.40. The van der Waals surface area contributed by atoms with E-state index in [2.05, 4.69) is 0 Å². The minimum absolute atomic E-state index is 0.255. The van der Waals surface area contributed by atoms with Crippen LogP contribution in [0, 0.1) is 6.92 Å². The highest BCUT2D eigenvalue weighted by Crippen LogP contribution is 2.33. The van der Waals surface area contributed by atoms with E-state index in [9.17, 15) is 14.0 Å². The summed E-state index contributed by atoms with van der Waals surface area (Å²) in [7, 11) is 0. The van der Waals surface area contributed by atoms with Crippen LogP contribution in [0.4, 0.5) is 4.39 Å². The van der Waals surface area contributed by atoms with Crippen LogP contribution in [0.5, 0.6) is 0 Å². The van der Waals surface area contributed by atoms with Gasteiger partial charge in [-0.25, -0.2) is 9.18 Å². The van der Waals surface area contributed by atoms with Crippen LogP contribution in [-0.2, 0) is 43.3 Å². The van der Waals surface area contributed by atoms with Crippen LogP contribution < -0.4 is 11.2 Å². The Kier molecular flexibility index (Phi) is 11.4. The molecule has 0 aliphatic carbocycles. The van der Waals surface area contributed by atoms with Gasteiger partial charge in [0.25, 0.3) is 5.56 Å². The number of rotatable bonds is 13. The summed E-state index contributed by atoms with van der Waals surface area (Å²) in [5, 5.41) is 0. The number of nitrogens with zero attached hydrogens (tertiary/aromatic N) is 2. The lowest BCUT2D eigenvalue weighted by atomic mass is 10.1. The zero-order chi connectivity index (χ0) is 29.3. The molecule has 0 N–H and O–H groups in total. The number of hydrogen-bond donors (Lipinski definition) is 0. The quantitative estimate of drug-likeness (QED) is 0.307. The van der Waals surface area contributed by atoms with Crippen LogP contribution in [0.3, 0.4) is 0 Å². The Balaban J connectivity index is 1.22. The van der Waals surface area contributed by atoms with Crippen molar-refractivity contribution in [1.82, 2.24) is 9.13 Å². The number of unbranched alkanes of at least 4 members (excludes halogenated alkanes) is 2. The fraction of sp³-hybridized carbons (Fsp3) is 0.688. The van der Waals surface area contributed by atoms with E-state index >= 15 is 0 Å². The highest BCUT2D eigenvalue weighted by atomic mass is 18.2. The normalized spacial score (nSPS) is 26.5. The maximum absolute atomic E-state index is 13.6. The van der Waals surface area contributed by atoms with Crippen molar-refractivity contribution in [3.05, 3.63) is 68.0 Å². The highest BCUT2D eigenvalue weighted by molar-refractivity contribution is 5.22. The monoisotopic (exact) mass is 587 g/mol. The lowest BCUT2D eigenvalue weighted by Gasteiger charge is -2.29. The number of halogens is 1. The summed E-state index contributed by atoms with van der Waals surface area (Å²) in [5.41, 5.74) is 1.69. The van der Waals surface area contributed by atoms with E-state index in [0.717, 1.165) is 63.4 Å². The van der Waals surface area contributed by atoms with E-state index < -0.39 is 19.0 Å². The van der Waals surface area contributed by atoms with Crippen molar-refractivity contribution in [2.45, 2.75) is 122 Å². The second kappa shape index (κ2) is 15.4. The van der Waals surface area contributed by atoms with Crippen LogP contribution in [0.25, 0.3) is 0 Å². The molecule has 3 aliphatic heterocycles. The molecule has 1 aromatic heterocycles. The predicted octanol–water partition coefficient (Wildman–Crippen LogP) is 4.94. The van der Waals surface area contributed by atoms with Crippen molar-refractivity contribution in [2.24, 2.45) is 0 Å². The summed E-state index contributed by atoms with van der Waals surface area (Å²) < 4.78 is 46.0. The third-order valence-corrected chi connectivity index (χ3v) is 8.43. The summed E-state index contributed by atoms with van der Waals surface area (Å²) in [6.07, 6.45) is 9.45. The molecule has 0 bridgehead atoms. The largest absolute Gasteiger partial charge is 0.353 e. The van der Waals surface area contributed by atoms with Gasteiger partial charge in [-0.1, -0.05) is 30.7 Å². The molecule has 5 rings (SSSR count). The molecule has 5 atom stereocenters. The maximum atomic E-state index is 13.6. The Morgan fingerprint density at radius 3 is 2.33 bits per heavy atom. The fourth-order valence-electron chi connectivity index (χ4n) is 5.96. The van der Waals surface area contributed by atoms with E-state index in [1.807, 2.05) is 24.3 Å². The molecule has 10 heteroatoms. The predicted molar refractivity (Wildman–Crippen MR) is 155 cm³/mol. The molecule has 9 nitrogen and oxygen atoms in total. The Labute approximate surface area is 246 Å². The average molecular weight is 588 g/mol. The molecule has 3 saturated heterocycles. The standard InChI is InChI=1S/C32H45FN2O7/c1-23-21-35(32(37)34(31(23)36)16-6-2-3-9-24-12-14-25(20-33)15-13-24)28-19-26(42-30-11-5-8-18-39-30)27(41-28)22-40-29-10-4-7-17-38-29/h12-15,21,26-30H,2-11,16-20,22H2,1H3/t26-,27+,28+,29?,30?/m0/s1/i33-1. The lowest BCUT2D eigenvalue weighted by molar-refractivity contribution is -0.216. The maximum Gasteiger partial charge on any atom is 0.333 e. The van der Waals surface area contributed by atoms with E-state index in [1.54, 1.807) is 17.7 Å². The first-order valence-corrected chi connectivity index (χ1v) is 15.6. The van der Waals surface area contributed by atoms with Crippen molar-refractivity contribution in [3.63, 3.8) is 0 Å². The number of alkyl halides is 1.